The number of amides is 2. The Balaban J connectivity index is 1.76. The van der Waals surface area contributed by atoms with E-state index in [1.165, 1.54) is 0 Å². The fourth-order valence-electron chi connectivity index (χ4n) is 1.99. The SMILES string of the molecule is O=C(Nc1nc(Cl)nc(NC(=O)c2ccccc2)n1)c1ccccc1. The lowest BCUT2D eigenvalue weighted by Gasteiger charge is -2.07. The molecule has 0 saturated carbocycles. The van der Waals surface area contributed by atoms with Crippen LogP contribution in [0.3, 0.4) is 0 Å². The predicted octanol–water partition coefficient (Wildman–Crippen LogP) is 3.03. The maximum absolute atomic E-state index is 12.1. The van der Waals surface area contributed by atoms with Crippen molar-refractivity contribution in [2.45, 2.75) is 0 Å². The second-order valence-corrected chi connectivity index (χ2v) is 5.23. The molecule has 0 radical (unpaired) electrons. The van der Waals surface area contributed by atoms with Crippen molar-refractivity contribution in [3.05, 3.63) is 77.1 Å². The third kappa shape index (κ3) is 4.36. The molecule has 7 nitrogen and oxygen atoms in total. The molecule has 0 bridgehead atoms. The van der Waals surface area contributed by atoms with Crippen LogP contribution in [0.25, 0.3) is 0 Å². The van der Waals surface area contributed by atoms with E-state index in [0.29, 0.717) is 11.1 Å². The van der Waals surface area contributed by atoms with Gasteiger partial charge in [-0.1, -0.05) is 36.4 Å². The zero-order valence-corrected chi connectivity index (χ0v) is 13.6. The standard InChI is InChI=1S/C17H12ClN5O2/c18-15-21-16(19-13(24)11-7-3-1-4-8-11)23-17(22-15)20-14(25)12-9-5-2-6-10-12/h1-10H,(H2,19,20,21,22,23,24,25). The normalized spacial score (nSPS) is 10.1. The minimum atomic E-state index is -0.400. The third-order valence-corrected chi connectivity index (χ3v) is 3.30. The first-order valence-electron chi connectivity index (χ1n) is 7.26. The highest BCUT2D eigenvalue weighted by molar-refractivity contribution is 6.28. The summed E-state index contributed by atoms with van der Waals surface area (Å²) in [5.41, 5.74) is 0.878. The van der Waals surface area contributed by atoms with Crippen molar-refractivity contribution in [2.24, 2.45) is 0 Å². The minimum absolute atomic E-state index is 0.0581. The Kier molecular flexibility index (Phi) is 4.96. The van der Waals surface area contributed by atoms with Crippen LogP contribution in [0.1, 0.15) is 20.7 Å². The number of carbonyl (C=O) groups is 2. The number of carbonyl (C=O) groups excluding carboxylic acids is 2. The molecule has 8 heteroatoms. The molecule has 1 heterocycles. The molecule has 2 amide bonds. The van der Waals surface area contributed by atoms with Crippen LogP contribution in [-0.2, 0) is 0 Å². The van der Waals surface area contributed by atoms with Crippen LogP contribution in [0.2, 0.25) is 5.28 Å². The minimum Gasteiger partial charge on any atom is -0.290 e. The highest BCUT2D eigenvalue weighted by Crippen LogP contribution is 2.12. The topological polar surface area (TPSA) is 96.9 Å². The van der Waals surface area contributed by atoms with Crippen LogP contribution in [0, 0.1) is 0 Å². The average Bonchev–Trinajstić information content (AvgIpc) is 2.62. The summed E-state index contributed by atoms with van der Waals surface area (Å²) in [7, 11) is 0. The second kappa shape index (κ2) is 7.50. The summed E-state index contributed by atoms with van der Waals surface area (Å²) in [5.74, 6) is -0.916. The van der Waals surface area contributed by atoms with Crippen molar-refractivity contribution in [1.82, 2.24) is 15.0 Å². The largest absolute Gasteiger partial charge is 0.290 e. The Morgan fingerprint density at radius 2 is 1.08 bits per heavy atom. The Morgan fingerprint density at radius 3 is 1.48 bits per heavy atom. The van der Waals surface area contributed by atoms with Gasteiger partial charge in [-0.15, -0.1) is 0 Å². The first-order chi connectivity index (χ1) is 12.1. The van der Waals surface area contributed by atoms with Crippen LogP contribution >= 0.6 is 11.6 Å². The van der Waals surface area contributed by atoms with Crippen molar-refractivity contribution < 1.29 is 9.59 Å². The maximum Gasteiger partial charge on any atom is 0.258 e. The lowest BCUT2D eigenvalue weighted by molar-refractivity contribution is 0.101. The third-order valence-electron chi connectivity index (χ3n) is 3.13. The van der Waals surface area contributed by atoms with Gasteiger partial charge in [-0.3, -0.25) is 20.2 Å². The summed E-state index contributed by atoms with van der Waals surface area (Å²) in [6, 6.07) is 17.1. The summed E-state index contributed by atoms with van der Waals surface area (Å²) < 4.78 is 0. The van der Waals surface area contributed by atoms with E-state index in [1.807, 2.05) is 0 Å². The molecular weight excluding hydrogens is 342 g/mol. The van der Waals surface area contributed by atoms with Crippen LogP contribution in [0.5, 0.6) is 0 Å². The molecule has 0 atom stereocenters. The first kappa shape index (κ1) is 16.5. The van der Waals surface area contributed by atoms with E-state index < -0.39 is 11.8 Å². The lowest BCUT2D eigenvalue weighted by atomic mass is 10.2. The number of anilines is 2. The molecule has 1 aromatic heterocycles. The molecule has 2 N–H and O–H groups in total. The monoisotopic (exact) mass is 353 g/mol. The molecule has 3 aromatic rings. The lowest BCUT2D eigenvalue weighted by Crippen LogP contribution is -2.18. The summed E-state index contributed by atoms with van der Waals surface area (Å²) in [6.07, 6.45) is 0. The summed E-state index contributed by atoms with van der Waals surface area (Å²) in [6.45, 7) is 0. The molecular formula is C17H12ClN5O2. The van der Waals surface area contributed by atoms with Gasteiger partial charge in [-0.05, 0) is 35.9 Å². The molecule has 124 valence electrons. The average molecular weight is 354 g/mol. The predicted molar refractivity (Wildman–Crippen MR) is 93.6 cm³/mol. The van der Waals surface area contributed by atoms with Crippen molar-refractivity contribution in [2.75, 3.05) is 10.6 Å². The van der Waals surface area contributed by atoms with Crippen LogP contribution in [0.4, 0.5) is 11.9 Å². The van der Waals surface area contributed by atoms with Crippen molar-refractivity contribution >= 4 is 35.3 Å². The molecule has 0 aliphatic rings. The summed E-state index contributed by atoms with van der Waals surface area (Å²) >= 11 is 5.84. The number of nitrogens with one attached hydrogen (secondary N) is 2. The Hall–Kier alpha value is -3.32. The number of nitrogens with zero attached hydrogens (tertiary/aromatic N) is 3. The van der Waals surface area contributed by atoms with E-state index in [4.69, 9.17) is 11.6 Å². The van der Waals surface area contributed by atoms with Gasteiger partial charge in [0.2, 0.25) is 17.2 Å². The molecule has 0 aliphatic carbocycles. The van der Waals surface area contributed by atoms with Gasteiger partial charge in [0.15, 0.2) is 0 Å². The first-order valence-corrected chi connectivity index (χ1v) is 7.64. The molecule has 0 unspecified atom stereocenters. The number of hydrogen-bond acceptors (Lipinski definition) is 5. The van der Waals surface area contributed by atoms with Crippen LogP contribution in [-0.4, -0.2) is 26.8 Å². The van der Waals surface area contributed by atoms with Gasteiger partial charge in [0, 0.05) is 11.1 Å². The quantitative estimate of drug-likeness (QED) is 0.751. The molecule has 0 saturated heterocycles. The van der Waals surface area contributed by atoms with E-state index >= 15 is 0 Å². The van der Waals surface area contributed by atoms with Gasteiger partial charge in [0.05, 0.1) is 0 Å². The number of rotatable bonds is 4. The fraction of sp³-hybridized carbons (Fsp3) is 0. The molecule has 0 fully saturated rings. The fourth-order valence-corrected chi connectivity index (χ4v) is 2.15. The smallest absolute Gasteiger partial charge is 0.258 e. The van der Waals surface area contributed by atoms with Crippen molar-refractivity contribution in [1.29, 1.82) is 0 Å². The summed E-state index contributed by atoms with van der Waals surface area (Å²) in [5, 5.41) is 4.88. The summed E-state index contributed by atoms with van der Waals surface area (Å²) in [4.78, 5) is 35.9. The Labute approximate surface area is 148 Å². The van der Waals surface area contributed by atoms with E-state index in [9.17, 15) is 9.59 Å². The molecule has 2 aromatic carbocycles. The molecule has 0 aliphatic heterocycles. The molecule has 25 heavy (non-hydrogen) atoms. The van der Waals surface area contributed by atoms with E-state index in [2.05, 4.69) is 25.6 Å². The van der Waals surface area contributed by atoms with E-state index in [1.54, 1.807) is 60.7 Å². The number of aromatic nitrogens is 3. The highest BCUT2D eigenvalue weighted by Gasteiger charge is 2.13. The second-order valence-electron chi connectivity index (χ2n) is 4.89. The number of hydrogen-bond donors (Lipinski definition) is 2. The van der Waals surface area contributed by atoms with Gasteiger partial charge >= 0.3 is 0 Å². The number of benzene rings is 2. The maximum atomic E-state index is 12.1. The Bertz CT molecular complexity index is 832. The van der Waals surface area contributed by atoms with Gasteiger partial charge in [0.1, 0.15) is 0 Å². The van der Waals surface area contributed by atoms with Crippen molar-refractivity contribution in [3.63, 3.8) is 0 Å². The van der Waals surface area contributed by atoms with Crippen molar-refractivity contribution in [3.8, 4) is 0 Å². The Morgan fingerprint density at radius 1 is 0.680 bits per heavy atom. The zero-order valence-electron chi connectivity index (χ0n) is 12.8. The van der Waals surface area contributed by atoms with Gasteiger partial charge < -0.3 is 0 Å². The van der Waals surface area contributed by atoms with Gasteiger partial charge in [0.25, 0.3) is 11.8 Å². The molecule has 3 rings (SSSR count). The van der Waals surface area contributed by atoms with Gasteiger partial charge in [-0.2, -0.15) is 15.0 Å². The number of halogens is 1. The van der Waals surface area contributed by atoms with Crippen LogP contribution < -0.4 is 10.6 Å². The van der Waals surface area contributed by atoms with Crippen LogP contribution in [0.15, 0.2) is 60.7 Å². The highest BCUT2D eigenvalue weighted by atomic mass is 35.5. The van der Waals surface area contributed by atoms with E-state index in [0.717, 1.165) is 0 Å². The zero-order chi connectivity index (χ0) is 17.6. The van der Waals surface area contributed by atoms with E-state index in [-0.39, 0.29) is 17.2 Å². The molecule has 0 spiro atoms. The van der Waals surface area contributed by atoms with Gasteiger partial charge in [-0.25, -0.2) is 0 Å².